The molecule has 0 spiro atoms. The number of nitrogens with zero attached hydrogens (tertiary/aromatic N) is 1. The molecule has 1 saturated heterocycles. The molecule has 0 radical (unpaired) electrons. The molecule has 1 aliphatic rings. The molecule has 1 aromatic rings. The van der Waals surface area contributed by atoms with Crippen molar-refractivity contribution in [1.29, 1.82) is 0 Å². The highest BCUT2D eigenvalue weighted by molar-refractivity contribution is 6.32. The molecule has 5 nitrogen and oxygen atoms in total. The predicted molar refractivity (Wildman–Crippen MR) is 90.6 cm³/mol. The number of halogens is 7. The Morgan fingerprint density at radius 3 is 2.10 bits per heavy atom. The standard InChI is InChI=1S/C19H18F7NO4/c1-31-18(30)17(29)27-8-4-6-10(27)11(28)7-3-2-5-9-13(20)15(22)12(19(24,25)26)16(23)14(9)21/h10H,2-8H2,1H3/t10-/m0/s1. The minimum atomic E-state index is -5.62. The lowest BCUT2D eigenvalue weighted by atomic mass is 9.99. The summed E-state index contributed by atoms with van der Waals surface area (Å²) >= 11 is 0. The van der Waals surface area contributed by atoms with Crippen LogP contribution in [0.15, 0.2) is 0 Å². The number of benzene rings is 1. The quantitative estimate of drug-likeness (QED) is 0.215. The van der Waals surface area contributed by atoms with Crippen LogP contribution >= 0.6 is 0 Å². The Kier molecular flexibility index (Phi) is 7.66. The van der Waals surface area contributed by atoms with Crippen LogP contribution in [0.25, 0.3) is 0 Å². The fourth-order valence-corrected chi connectivity index (χ4v) is 3.46. The Hall–Kier alpha value is -2.66. The summed E-state index contributed by atoms with van der Waals surface area (Å²) in [5.74, 6) is -11.9. The Balaban J connectivity index is 2.01. The molecule has 12 heteroatoms. The average molecular weight is 457 g/mol. The van der Waals surface area contributed by atoms with Crippen LogP contribution in [0.2, 0.25) is 0 Å². The first-order valence-electron chi connectivity index (χ1n) is 9.25. The van der Waals surface area contributed by atoms with Crippen LogP contribution in [0.1, 0.15) is 43.2 Å². The molecule has 0 aromatic heterocycles. The molecule has 1 fully saturated rings. The summed E-state index contributed by atoms with van der Waals surface area (Å²) in [6.07, 6.45) is -5.84. The van der Waals surface area contributed by atoms with Crippen LogP contribution in [0.4, 0.5) is 30.7 Å². The summed E-state index contributed by atoms with van der Waals surface area (Å²) in [6, 6.07) is -0.874. The first-order valence-corrected chi connectivity index (χ1v) is 9.25. The van der Waals surface area contributed by atoms with E-state index in [2.05, 4.69) is 4.74 Å². The number of Topliss-reactive ketones (excluding diaryl/α,β-unsaturated/α-hetero) is 1. The van der Waals surface area contributed by atoms with Gasteiger partial charge in [0.25, 0.3) is 0 Å². The minimum absolute atomic E-state index is 0.0152. The van der Waals surface area contributed by atoms with Crippen LogP contribution in [-0.2, 0) is 31.7 Å². The highest BCUT2D eigenvalue weighted by Gasteiger charge is 2.42. The Morgan fingerprint density at radius 1 is 1.00 bits per heavy atom. The minimum Gasteiger partial charge on any atom is -0.462 e. The number of carbonyl (C=O) groups excluding carboxylic acids is 3. The summed E-state index contributed by atoms with van der Waals surface area (Å²) in [4.78, 5) is 36.7. The summed E-state index contributed by atoms with van der Waals surface area (Å²) in [6.45, 7) is 0.171. The molecular formula is C19H18F7NO4. The zero-order chi connectivity index (χ0) is 23.5. The number of unbranched alkanes of at least 4 members (excludes halogenated alkanes) is 1. The molecule has 1 aromatic carbocycles. The van der Waals surface area contributed by atoms with Crippen molar-refractivity contribution in [3.05, 3.63) is 34.4 Å². The van der Waals surface area contributed by atoms with Crippen LogP contribution in [-0.4, -0.2) is 42.3 Å². The van der Waals surface area contributed by atoms with Gasteiger partial charge in [-0.3, -0.25) is 9.59 Å². The Bertz CT molecular complexity index is 856. The number of alkyl halides is 3. The Labute approximate surface area is 172 Å². The van der Waals surface area contributed by atoms with E-state index in [-0.39, 0.29) is 25.8 Å². The zero-order valence-corrected chi connectivity index (χ0v) is 16.3. The van der Waals surface area contributed by atoms with E-state index in [0.29, 0.717) is 12.8 Å². The summed E-state index contributed by atoms with van der Waals surface area (Å²) in [5, 5.41) is 0. The fraction of sp³-hybridized carbons (Fsp3) is 0.526. The van der Waals surface area contributed by atoms with Gasteiger partial charge in [0, 0.05) is 18.5 Å². The molecule has 1 heterocycles. The van der Waals surface area contributed by atoms with Crippen molar-refractivity contribution in [3.63, 3.8) is 0 Å². The number of ether oxygens (including phenoxy) is 1. The van der Waals surface area contributed by atoms with Crippen molar-refractivity contribution in [2.24, 2.45) is 0 Å². The lowest BCUT2D eigenvalue weighted by molar-refractivity contribution is -0.159. The molecule has 0 N–H and O–H groups in total. The second-order valence-electron chi connectivity index (χ2n) is 6.93. The van der Waals surface area contributed by atoms with Gasteiger partial charge in [-0.25, -0.2) is 22.4 Å². The van der Waals surface area contributed by atoms with E-state index < -0.39 is 70.7 Å². The number of amides is 1. The third kappa shape index (κ3) is 5.16. The molecule has 2 rings (SSSR count). The number of ketones is 1. The maximum atomic E-state index is 13.9. The number of carbonyl (C=O) groups is 3. The highest BCUT2D eigenvalue weighted by atomic mass is 19.4. The largest absolute Gasteiger partial charge is 0.462 e. The van der Waals surface area contributed by atoms with E-state index in [1.807, 2.05) is 0 Å². The number of hydrogen-bond acceptors (Lipinski definition) is 4. The second-order valence-corrected chi connectivity index (χ2v) is 6.93. The van der Waals surface area contributed by atoms with Gasteiger partial charge in [-0.2, -0.15) is 13.2 Å². The van der Waals surface area contributed by atoms with Gasteiger partial charge in [0.1, 0.15) is 5.56 Å². The Morgan fingerprint density at radius 2 is 1.58 bits per heavy atom. The van der Waals surface area contributed by atoms with Crippen molar-refractivity contribution in [1.82, 2.24) is 4.90 Å². The summed E-state index contributed by atoms with van der Waals surface area (Å²) < 4.78 is 97.1. The lowest BCUT2D eigenvalue weighted by Crippen LogP contribution is -2.44. The van der Waals surface area contributed by atoms with Gasteiger partial charge >= 0.3 is 18.1 Å². The van der Waals surface area contributed by atoms with Crippen LogP contribution in [0.5, 0.6) is 0 Å². The number of likely N-dealkylation sites (tertiary alicyclic amines) is 1. The van der Waals surface area contributed by atoms with E-state index >= 15 is 0 Å². The topological polar surface area (TPSA) is 63.7 Å². The average Bonchev–Trinajstić information content (AvgIpc) is 3.19. The van der Waals surface area contributed by atoms with Crippen molar-refractivity contribution in [2.75, 3.05) is 13.7 Å². The molecule has 31 heavy (non-hydrogen) atoms. The van der Waals surface area contributed by atoms with Crippen molar-refractivity contribution in [2.45, 2.75) is 50.7 Å². The van der Waals surface area contributed by atoms with Gasteiger partial charge in [0.2, 0.25) is 0 Å². The van der Waals surface area contributed by atoms with E-state index in [1.54, 1.807) is 0 Å². The second kappa shape index (κ2) is 9.65. The fourth-order valence-electron chi connectivity index (χ4n) is 3.46. The molecular weight excluding hydrogens is 439 g/mol. The van der Waals surface area contributed by atoms with Crippen LogP contribution in [0, 0.1) is 23.3 Å². The van der Waals surface area contributed by atoms with Crippen molar-refractivity contribution >= 4 is 17.7 Å². The molecule has 1 amide bonds. The summed E-state index contributed by atoms with van der Waals surface area (Å²) in [5.41, 5.74) is -3.82. The van der Waals surface area contributed by atoms with Gasteiger partial charge in [0.05, 0.1) is 13.2 Å². The predicted octanol–water partition coefficient (Wildman–Crippen LogP) is 3.71. The van der Waals surface area contributed by atoms with Gasteiger partial charge in [0.15, 0.2) is 29.1 Å². The van der Waals surface area contributed by atoms with Gasteiger partial charge < -0.3 is 9.64 Å². The van der Waals surface area contributed by atoms with Crippen LogP contribution in [0.3, 0.4) is 0 Å². The SMILES string of the molecule is COC(=O)C(=O)N1CCC[C@H]1C(=O)CCCCc1c(F)c(F)c(C(F)(F)F)c(F)c1F. The van der Waals surface area contributed by atoms with E-state index in [1.165, 1.54) is 0 Å². The van der Waals surface area contributed by atoms with E-state index in [0.717, 1.165) is 12.0 Å². The van der Waals surface area contributed by atoms with Crippen LogP contribution < -0.4 is 0 Å². The molecule has 0 bridgehead atoms. The molecule has 0 aliphatic carbocycles. The van der Waals surface area contributed by atoms with Crippen molar-refractivity contribution < 1.29 is 49.9 Å². The van der Waals surface area contributed by atoms with E-state index in [4.69, 9.17) is 0 Å². The van der Waals surface area contributed by atoms with Crippen molar-refractivity contribution in [3.8, 4) is 0 Å². The zero-order valence-electron chi connectivity index (χ0n) is 16.3. The lowest BCUT2D eigenvalue weighted by Gasteiger charge is -2.22. The molecule has 1 atom stereocenters. The molecule has 0 saturated carbocycles. The number of methoxy groups -OCH3 is 1. The number of hydrogen-bond donors (Lipinski definition) is 0. The maximum Gasteiger partial charge on any atom is 0.422 e. The third-order valence-electron chi connectivity index (χ3n) is 4.98. The monoisotopic (exact) mass is 457 g/mol. The molecule has 1 aliphatic heterocycles. The first-order chi connectivity index (χ1) is 14.4. The smallest absolute Gasteiger partial charge is 0.422 e. The van der Waals surface area contributed by atoms with Gasteiger partial charge in [-0.05, 0) is 32.1 Å². The number of esters is 1. The number of rotatable bonds is 6. The molecule has 0 unspecified atom stereocenters. The van der Waals surface area contributed by atoms with Gasteiger partial charge in [-0.15, -0.1) is 0 Å². The normalized spacial score (nSPS) is 16.5. The van der Waals surface area contributed by atoms with Gasteiger partial charge in [-0.1, -0.05) is 0 Å². The third-order valence-corrected chi connectivity index (χ3v) is 4.98. The summed E-state index contributed by atoms with van der Waals surface area (Å²) in [7, 11) is 1.01. The maximum absolute atomic E-state index is 13.9. The highest BCUT2D eigenvalue weighted by Crippen LogP contribution is 2.37. The first kappa shape index (κ1) is 24.6. The molecule has 172 valence electrons. The van der Waals surface area contributed by atoms with E-state index in [9.17, 15) is 45.1 Å².